The highest BCUT2D eigenvalue weighted by Crippen LogP contribution is 2.48. The summed E-state index contributed by atoms with van der Waals surface area (Å²) in [6, 6.07) is 5.96. The minimum absolute atomic E-state index is 0.798. The van der Waals surface area contributed by atoms with Crippen LogP contribution in [-0.4, -0.2) is 6.61 Å². The summed E-state index contributed by atoms with van der Waals surface area (Å²) in [5, 5.41) is 0. The third-order valence-corrected chi connectivity index (χ3v) is 4.59. The highest BCUT2D eigenvalue weighted by atomic mass is 16.5. The molecular formula is C15H21NO. The lowest BCUT2D eigenvalue weighted by Gasteiger charge is -2.21. The number of aryl methyl sites for hydroxylation is 1. The van der Waals surface area contributed by atoms with Crippen molar-refractivity contribution < 1.29 is 4.74 Å². The van der Waals surface area contributed by atoms with Gasteiger partial charge in [0.25, 0.3) is 0 Å². The minimum atomic E-state index is 0.798. The summed E-state index contributed by atoms with van der Waals surface area (Å²) in [6.07, 6.45) is 5.73. The van der Waals surface area contributed by atoms with Gasteiger partial charge in [0.15, 0.2) is 0 Å². The van der Waals surface area contributed by atoms with Crippen molar-refractivity contribution in [3.05, 3.63) is 23.8 Å². The smallest absolute Gasteiger partial charge is 0.119 e. The molecule has 0 aliphatic heterocycles. The van der Waals surface area contributed by atoms with E-state index in [-0.39, 0.29) is 0 Å². The molecule has 0 aromatic heterocycles. The Bertz CT molecular complexity index is 415. The number of anilines is 1. The second-order valence-corrected chi connectivity index (χ2v) is 5.76. The van der Waals surface area contributed by atoms with Gasteiger partial charge in [-0.25, -0.2) is 0 Å². The molecule has 0 saturated heterocycles. The first kappa shape index (κ1) is 10.9. The molecule has 2 saturated carbocycles. The molecule has 2 aliphatic rings. The second-order valence-electron chi connectivity index (χ2n) is 5.76. The van der Waals surface area contributed by atoms with Gasteiger partial charge in [0.2, 0.25) is 0 Å². The van der Waals surface area contributed by atoms with Crippen LogP contribution < -0.4 is 10.5 Å². The van der Waals surface area contributed by atoms with Gasteiger partial charge in [0.1, 0.15) is 5.75 Å². The molecule has 3 atom stereocenters. The van der Waals surface area contributed by atoms with E-state index in [2.05, 4.69) is 0 Å². The van der Waals surface area contributed by atoms with Gasteiger partial charge >= 0.3 is 0 Å². The highest BCUT2D eigenvalue weighted by molar-refractivity contribution is 5.49. The predicted octanol–water partition coefficient (Wildman–Crippen LogP) is 3.39. The van der Waals surface area contributed by atoms with Gasteiger partial charge in [-0.2, -0.15) is 0 Å². The average Bonchev–Trinajstić information content (AvgIpc) is 2.92. The van der Waals surface area contributed by atoms with Crippen LogP contribution in [-0.2, 0) is 0 Å². The van der Waals surface area contributed by atoms with Crippen molar-refractivity contribution in [3.8, 4) is 5.75 Å². The van der Waals surface area contributed by atoms with Crippen LogP contribution in [0.1, 0.15) is 31.2 Å². The third kappa shape index (κ3) is 2.13. The zero-order valence-corrected chi connectivity index (χ0v) is 10.5. The van der Waals surface area contributed by atoms with Gasteiger partial charge < -0.3 is 10.5 Å². The van der Waals surface area contributed by atoms with E-state index in [1.807, 2.05) is 25.1 Å². The van der Waals surface area contributed by atoms with E-state index in [0.29, 0.717) is 0 Å². The number of fused-ring (bicyclic) bond motifs is 2. The Balaban J connectivity index is 1.59. The molecule has 1 aromatic carbocycles. The van der Waals surface area contributed by atoms with E-state index in [4.69, 9.17) is 10.5 Å². The van der Waals surface area contributed by atoms with Crippen LogP contribution in [0.25, 0.3) is 0 Å². The van der Waals surface area contributed by atoms with Crippen LogP contribution in [0.4, 0.5) is 5.69 Å². The number of benzene rings is 1. The van der Waals surface area contributed by atoms with Crippen LogP contribution in [0, 0.1) is 24.7 Å². The fourth-order valence-corrected chi connectivity index (χ4v) is 3.52. The summed E-state index contributed by atoms with van der Waals surface area (Å²) in [6.45, 7) is 2.92. The van der Waals surface area contributed by atoms with Crippen molar-refractivity contribution in [2.24, 2.45) is 17.8 Å². The van der Waals surface area contributed by atoms with Crippen LogP contribution in [0.15, 0.2) is 18.2 Å². The van der Waals surface area contributed by atoms with E-state index >= 15 is 0 Å². The predicted molar refractivity (Wildman–Crippen MR) is 70.0 cm³/mol. The quantitative estimate of drug-likeness (QED) is 0.809. The Labute approximate surface area is 103 Å². The van der Waals surface area contributed by atoms with Crippen LogP contribution in [0.5, 0.6) is 5.75 Å². The maximum atomic E-state index is 5.92. The van der Waals surface area contributed by atoms with Crippen LogP contribution in [0.2, 0.25) is 0 Å². The van der Waals surface area contributed by atoms with Crippen molar-refractivity contribution in [1.29, 1.82) is 0 Å². The topological polar surface area (TPSA) is 35.2 Å². The Morgan fingerprint density at radius 1 is 1.29 bits per heavy atom. The largest absolute Gasteiger partial charge is 0.493 e. The first-order valence-corrected chi connectivity index (χ1v) is 6.71. The molecule has 2 N–H and O–H groups in total. The van der Waals surface area contributed by atoms with E-state index in [1.54, 1.807) is 0 Å². The first-order valence-electron chi connectivity index (χ1n) is 6.71. The van der Waals surface area contributed by atoms with Crippen molar-refractivity contribution in [3.63, 3.8) is 0 Å². The molecule has 0 heterocycles. The van der Waals surface area contributed by atoms with Gasteiger partial charge in [-0.3, -0.25) is 0 Å². The molecule has 0 spiro atoms. The molecule has 3 unspecified atom stereocenters. The molecule has 3 rings (SSSR count). The molecule has 2 fully saturated rings. The van der Waals surface area contributed by atoms with Gasteiger partial charge in [0.05, 0.1) is 6.61 Å². The molecule has 17 heavy (non-hydrogen) atoms. The third-order valence-electron chi connectivity index (χ3n) is 4.59. The van der Waals surface area contributed by atoms with Gasteiger partial charge in [-0.1, -0.05) is 6.42 Å². The van der Waals surface area contributed by atoms with Crippen LogP contribution >= 0.6 is 0 Å². The van der Waals surface area contributed by atoms with Crippen LogP contribution in [0.3, 0.4) is 0 Å². The Hall–Kier alpha value is -1.18. The fraction of sp³-hybridized carbons (Fsp3) is 0.600. The van der Waals surface area contributed by atoms with Crippen molar-refractivity contribution in [2.45, 2.75) is 32.6 Å². The Morgan fingerprint density at radius 3 is 2.82 bits per heavy atom. The van der Waals surface area contributed by atoms with E-state index < -0.39 is 0 Å². The zero-order chi connectivity index (χ0) is 11.8. The molecule has 2 heteroatoms. The van der Waals surface area contributed by atoms with Crippen molar-refractivity contribution in [1.82, 2.24) is 0 Å². The number of ether oxygens (including phenoxy) is 1. The van der Waals surface area contributed by atoms with E-state index in [0.717, 1.165) is 41.4 Å². The normalized spacial score (nSPS) is 30.8. The number of nitrogens with two attached hydrogens (primary N) is 1. The molecule has 2 nitrogen and oxygen atoms in total. The standard InChI is InChI=1S/C15H21NO/c1-10-6-14(4-5-15(10)16)17-9-13-8-11-2-3-12(13)7-11/h4-6,11-13H,2-3,7-9,16H2,1H3. The second kappa shape index (κ2) is 4.25. The molecular weight excluding hydrogens is 210 g/mol. The van der Waals surface area contributed by atoms with Gasteiger partial charge in [-0.05, 0) is 67.7 Å². The number of rotatable bonds is 3. The molecule has 92 valence electrons. The fourth-order valence-electron chi connectivity index (χ4n) is 3.52. The zero-order valence-electron chi connectivity index (χ0n) is 10.5. The first-order chi connectivity index (χ1) is 8.22. The van der Waals surface area contributed by atoms with Gasteiger partial charge in [0, 0.05) is 5.69 Å². The molecule has 0 radical (unpaired) electrons. The molecule has 2 aliphatic carbocycles. The average molecular weight is 231 g/mol. The minimum Gasteiger partial charge on any atom is -0.493 e. The lowest BCUT2D eigenvalue weighted by atomic mass is 9.89. The summed E-state index contributed by atoms with van der Waals surface area (Å²) >= 11 is 0. The number of hydrogen-bond donors (Lipinski definition) is 1. The maximum absolute atomic E-state index is 5.92. The van der Waals surface area contributed by atoms with Crippen molar-refractivity contribution in [2.75, 3.05) is 12.3 Å². The Morgan fingerprint density at radius 2 is 2.18 bits per heavy atom. The van der Waals surface area contributed by atoms with Gasteiger partial charge in [-0.15, -0.1) is 0 Å². The number of hydrogen-bond acceptors (Lipinski definition) is 2. The number of nitrogen functional groups attached to an aromatic ring is 1. The summed E-state index contributed by atoms with van der Waals surface area (Å²) in [7, 11) is 0. The maximum Gasteiger partial charge on any atom is 0.119 e. The highest BCUT2D eigenvalue weighted by Gasteiger charge is 2.39. The summed E-state index contributed by atoms with van der Waals surface area (Å²) in [4.78, 5) is 0. The van der Waals surface area contributed by atoms with E-state index in [1.165, 1.54) is 25.7 Å². The molecule has 0 amide bonds. The lowest BCUT2D eigenvalue weighted by Crippen LogP contribution is -2.18. The summed E-state index contributed by atoms with van der Waals surface area (Å²) in [5.41, 5.74) is 7.75. The monoisotopic (exact) mass is 231 g/mol. The van der Waals surface area contributed by atoms with E-state index in [9.17, 15) is 0 Å². The molecule has 1 aromatic rings. The summed E-state index contributed by atoms with van der Waals surface area (Å²) < 4.78 is 5.92. The summed E-state index contributed by atoms with van der Waals surface area (Å²) in [5.74, 6) is 3.71. The lowest BCUT2D eigenvalue weighted by molar-refractivity contribution is 0.195. The Kier molecular flexibility index (Phi) is 2.73. The SMILES string of the molecule is Cc1cc(OCC2CC3CCC2C3)ccc1N. The molecule has 2 bridgehead atoms. The van der Waals surface area contributed by atoms with Crippen molar-refractivity contribution >= 4 is 5.69 Å².